The zero-order valence-electron chi connectivity index (χ0n) is 20.4. The van der Waals surface area contributed by atoms with Crippen molar-refractivity contribution in [2.75, 3.05) is 38.6 Å². The number of alkyl halides is 3. The molecule has 1 spiro atoms. The van der Waals surface area contributed by atoms with E-state index in [-0.39, 0.29) is 5.41 Å². The number of thiocarbonyl (C=S) groups is 1. The van der Waals surface area contributed by atoms with Gasteiger partial charge in [-0.3, -0.25) is 9.59 Å². The van der Waals surface area contributed by atoms with E-state index in [4.69, 9.17) is 17.0 Å². The molecule has 2 aliphatic heterocycles. The predicted octanol–water partition coefficient (Wildman–Crippen LogP) is 4.13. The molecule has 0 saturated carbocycles. The van der Waals surface area contributed by atoms with Crippen LogP contribution in [0.5, 0.6) is 5.75 Å². The van der Waals surface area contributed by atoms with Crippen molar-refractivity contribution in [1.82, 2.24) is 15.1 Å². The number of ether oxygens (including phenoxy) is 1. The number of amides is 2. The van der Waals surface area contributed by atoms with Crippen molar-refractivity contribution >= 4 is 34.8 Å². The SMILES string of the molecule is COc1cccc(NC(=S)N2CCC3(CCN(C(=O)C(NC(=O)C(F)(F)F)c4ccccc4)C3)CC2)c1. The molecule has 2 saturated heterocycles. The molecule has 0 radical (unpaired) electrons. The van der Waals surface area contributed by atoms with Crippen molar-refractivity contribution in [3.63, 3.8) is 0 Å². The minimum atomic E-state index is -5.08. The van der Waals surface area contributed by atoms with Crippen molar-refractivity contribution in [3.8, 4) is 5.75 Å². The summed E-state index contributed by atoms with van der Waals surface area (Å²) < 4.78 is 44.1. The Morgan fingerprint density at radius 1 is 1.00 bits per heavy atom. The summed E-state index contributed by atoms with van der Waals surface area (Å²) in [6.07, 6.45) is -2.75. The summed E-state index contributed by atoms with van der Waals surface area (Å²) in [5, 5.41) is 5.74. The average molecular weight is 535 g/mol. The molecule has 2 heterocycles. The molecule has 2 aliphatic rings. The van der Waals surface area contributed by atoms with Gasteiger partial charge in [-0.05, 0) is 54.6 Å². The number of methoxy groups -OCH3 is 1. The van der Waals surface area contributed by atoms with Gasteiger partial charge >= 0.3 is 12.1 Å². The average Bonchev–Trinajstić information content (AvgIpc) is 3.30. The zero-order chi connectivity index (χ0) is 26.6. The first kappa shape index (κ1) is 26.7. The van der Waals surface area contributed by atoms with E-state index >= 15 is 0 Å². The molecule has 37 heavy (non-hydrogen) atoms. The van der Waals surface area contributed by atoms with Gasteiger partial charge in [0.1, 0.15) is 11.8 Å². The van der Waals surface area contributed by atoms with Gasteiger partial charge in [0.2, 0.25) is 5.91 Å². The highest BCUT2D eigenvalue weighted by molar-refractivity contribution is 7.80. The van der Waals surface area contributed by atoms with Crippen LogP contribution in [0.2, 0.25) is 0 Å². The second kappa shape index (κ2) is 11.0. The number of piperidine rings is 1. The molecule has 2 N–H and O–H groups in total. The molecule has 0 aliphatic carbocycles. The lowest BCUT2D eigenvalue weighted by molar-refractivity contribution is -0.175. The Hall–Kier alpha value is -3.34. The molecule has 0 aromatic heterocycles. The minimum absolute atomic E-state index is 0.132. The number of halogens is 3. The third kappa shape index (κ3) is 6.33. The monoisotopic (exact) mass is 534 g/mol. The highest BCUT2D eigenvalue weighted by Gasteiger charge is 2.46. The maximum Gasteiger partial charge on any atom is 0.471 e. The molecule has 2 amide bonds. The van der Waals surface area contributed by atoms with Crippen LogP contribution < -0.4 is 15.4 Å². The summed E-state index contributed by atoms with van der Waals surface area (Å²) in [7, 11) is 1.60. The summed E-state index contributed by atoms with van der Waals surface area (Å²) >= 11 is 5.60. The van der Waals surface area contributed by atoms with E-state index in [1.165, 1.54) is 0 Å². The van der Waals surface area contributed by atoms with Crippen LogP contribution in [0.1, 0.15) is 30.9 Å². The summed E-state index contributed by atoms with van der Waals surface area (Å²) in [5.41, 5.74) is 1.01. The van der Waals surface area contributed by atoms with E-state index in [1.54, 1.807) is 42.3 Å². The second-order valence-electron chi connectivity index (χ2n) is 9.47. The number of anilines is 1. The first-order valence-corrected chi connectivity index (χ1v) is 12.4. The number of hydrogen-bond acceptors (Lipinski definition) is 4. The van der Waals surface area contributed by atoms with Crippen LogP contribution in [0.25, 0.3) is 0 Å². The van der Waals surface area contributed by atoms with E-state index in [0.717, 1.165) is 30.7 Å². The van der Waals surface area contributed by atoms with Crippen molar-refractivity contribution in [2.24, 2.45) is 5.41 Å². The van der Waals surface area contributed by atoms with E-state index in [1.807, 2.05) is 29.6 Å². The fraction of sp³-hybridized carbons (Fsp3) is 0.423. The van der Waals surface area contributed by atoms with E-state index in [0.29, 0.717) is 36.9 Å². The molecule has 2 fully saturated rings. The number of nitrogens with zero attached hydrogens (tertiary/aromatic N) is 2. The number of carbonyl (C=O) groups is 2. The lowest BCUT2D eigenvalue weighted by Crippen LogP contribution is -2.48. The third-order valence-corrected chi connectivity index (χ3v) is 7.46. The fourth-order valence-corrected chi connectivity index (χ4v) is 5.25. The Morgan fingerprint density at radius 2 is 1.65 bits per heavy atom. The number of carbonyl (C=O) groups excluding carboxylic acids is 2. The van der Waals surface area contributed by atoms with Gasteiger partial charge in [0.15, 0.2) is 5.11 Å². The molecule has 1 atom stereocenters. The van der Waals surface area contributed by atoms with E-state index in [2.05, 4.69) is 10.2 Å². The lowest BCUT2D eigenvalue weighted by Gasteiger charge is -2.40. The van der Waals surface area contributed by atoms with Gasteiger partial charge in [0.05, 0.1) is 7.11 Å². The highest BCUT2D eigenvalue weighted by Crippen LogP contribution is 2.41. The van der Waals surface area contributed by atoms with Crippen molar-refractivity contribution < 1.29 is 27.5 Å². The maximum absolute atomic E-state index is 13.4. The van der Waals surface area contributed by atoms with Crippen LogP contribution in [0.4, 0.5) is 18.9 Å². The first-order valence-electron chi connectivity index (χ1n) is 12.0. The Bertz CT molecular complexity index is 1140. The second-order valence-corrected chi connectivity index (χ2v) is 9.86. The minimum Gasteiger partial charge on any atom is -0.497 e. The maximum atomic E-state index is 13.4. The summed E-state index contributed by atoms with van der Waals surface area (Å²) in [6, 6.07) is 14.1. The Balaban J connectivity index is 1.38. The van der Waals surface area contributed by atoms with Crippen LogP contribution in [-0.4, -0.2) is 66.2 Å². The zero-order valence-corrected chi connectivity index (χ0v) is 21.2. The number of nitrogens with one attached hydrogen (secondary N) is 2. The molecule has 11 heteroatoms. The van der Waals surface area contributed by atoms with E-state index < -0.39 is 24.0 Å². The third-order valence-electron chi connectivity index (χ3n) is 7.10. The number of rotatable bonds is 5. The normalized spacial score (nSPS) is 17.8. The molecule has 2 aromatic rings. The van der Waals surface area contributed by atoms with Crippen molar-refractivity contribution in [3.05, 3.63) is 60.2 Å². The molecule has 7 nitrogen and oxygen atoms in total. The summed E-state index contributed by atoms with van der Waals surface area (Å²) in [4.78, 5) is 28.7. The Labute approximate surface area is 218 Å². The fourth-order valence-electron chi connectivity index (χ4n) is 4.95. The van der Waals surface area contributed by atoms with Crippen LogP contribution >= 0.6 is 12.2 Å². The Kier molecular flexibility index (Phi) is 7.91. The summed E-state index contributed by atoms with van der Waals surface area (Å²) in [6.45, 7) is 2.26. The van der Waals surface area contributed by atoms with Gasteiger partial charge < -0.3 is 25.2 Å². The van der Waals surface area contributed by atoms with E-state index in [9.17, 15) is 22.8 Å². The molecule has 4 rings (SSSR count). The smallest absolute Gasteiger partial charge is 0.471 e. The van der Waals surface area contributed by atoms with Gasteiger partial charge in [-0.15, -0.1) is 0 Å². The van der Waals surface area contributed by atoms with Crippen molar-refractivity contribution in [1.29, 1.82) is 0 Å². The first-order chi connectivity index (χ1) is 17.6. The number of likely N-dealkylation sites (tertiary alicyclic amines) is 2. The topological polar surface area (TPSA) is 73.9 Å². The Morgan fingerprint density at radius 3 is 2.27 bits per heavy atom. The lowest BCUT2D eigenvalue weighted by atomic mass is 9.78. The summed E-state index contributed by atoms with van der Waals surface area (Å²) in [5.74, 6) is -1.94. The van der Waals surface area contributed by atoms with Gasteiger partial charge in [-0.25, -0.2) is 0 Å². The molecule has 2 aromatic carbocycles. The number of hydrogen-bond donors (Lipinski definition) is 2. The van der Waals surface area contributed by atoms with Crippen LogP contribution in [-0.2, 0) is 9.59 Å². The highest BCUT2D eigenvalue weighted by atomic mass is 32.1. The standard InChI is InChI=1S/C26H29F3N4O3S/c1-36-20-9-5-8-19(16-20)30-24(37)32-13-10-25(11-14-32)12-15-33(17-25)22(34)21(18-6-3-2-4-7-18)31-23(35)26(27,28)29/h2-9,16,21H,10-15,17H2,1H3,(H,30,37)(H,31,35). The molecular formula is C26H29F3N4O3S. The van der Waals surface area contributed by atoms with Crippen LogP contribution in [0, 0.1) is 5.41 Å². The van der Waals surface area contributed by atoms with Gasteiger partial charge in [-0.2, -0.15) is 13.2 Å². The van der Waals surface area contributed by atoms with Gasteiger partial charge in [0.25, 0.3) is 0 Å². The van der Waals surface area contributed by atoms with Gasteiger partial charge in [-0.1, -0.05) is 36.4 Å². The molecular weight excluding hydrogens is 505 g/mol. The number of benzene rings is 2. The molecule has 1 unspecified atom stereocenters. The quantitative estimate of drug-likeness (QED) is 0.563. The molecule has 0 bridgehead atoms. The van der Waals surface area contributed by atoms with Crippen molar-refractivity contribution in [2.45, 2.75) is 31.5 Å². The largest absolute Gasteiger partial charge is 0.497 e. The van der Waals surface area contributed by atoms with Crippen LogP contribution in [0.3, 0.4) is 0 Å². The van der Waals surface area contributed by atoms with Gasteiger partial charge in [0, 0.05) is 37.9 Å². The molecule has 198 valence electrons. The van der Waals surface area contributed by atoms with Crippen LogP contribution in [0.15, 0.2) is 54.6 Å². The predicted molar refractivity (Wildman–Crippen MR) is 137 cm³/mol.